The first-order valence-electron chi connectivity index (χ1n) is 8.46. The molecule has 4 nitrogen and oxygen atoms in total. The number of hydrogen-bond acceptors (Lipinski definition) is 2. The molecule has 20 heavy (non-hydrogen) atoms. The molecule has 0 saturated heterocycles. The van der Waals surface area contributed by atoms with Gasteiger partial charge in [-0.25, -0.2) is 0 Å². The molecule has 2 rings (SSSR count). The van der Waals surface area contributed by atoms with Crippen LogP contribution in [0.5, 0.6) is 0 Å². The average Bonchev–Trinajstić information content (AvgIpc) is 3.32. The van der Waals surface area contributed by atoms with Gasteiger partial charge in [0.05, 0.1) is 0 Å². The molecule has 2 saturated carbocycles. The van der Waals surface area contributed by atoms with Crippen LogP contribution < -0.4 is 10.6 Å². The fourth-order valence-electron chi connectivity index (χ4n) is 2.50. The van der Waals surface area contributed by atoms with Gasteiger partial charge >= 0.3 is 0 Å². The van der Waals surface area contributed by atoms with Gasteiger partial charge in [0.1, 0.15) is 0 Å². The molecule has 2 atom stereocenters. The van der Waals surface area contributed by atoms with Crippen LogP contribution in [0.15, 0.2) is 4.99 Å². The van der Waals surface area contributed by atoms with Gasteiger partial charge in [-0.2, -0.15) is 0 Å². The van der Waals surface area contributed by atoms with Crippen molar-refractivity contribution < 1.29 is 4.74 Å². The predicted octanol–water partition coefficient (Wildman–Crippen LogP) is 2.55. The van der Waals surface area contributed by atoms with E-state index in [1.165, 1.54) is 32.1 Å². The Hall–Kier alpha value is -0.770. The second kappa shape index (κ2) is 8.50. The third kappa shape index (κ3) is 6.12. The van der Waals surface area contributed by atoms with E-state index in [0.29, 0.717) is 6.04 Å². The number of nitrogens with zero attached hydrogens (tertiary/aromatic N) is 1. The Morgan fingerprint density at radius 2 is 2.15 bits per heavy atom. The van der Waals surface area contributed by atoms with Crippen LogP contribution >= 0.6 is 0 Å². The van der Waals surface area contributed by atoms with Crippen molar-refractivity contribution in [3.63, 3.8) is 0 Å². The minimum atomic E-state index is 0.652. The van der Waals surface area contributed by atoms with Crippen molar-refractivity contribution in [2.24, 2.45) is 16.8 Å². The summed E-state index contributed by atoms with van der Waals surface area (Å²) in [7, 11) is 0. The maximum atomic E-state index is 5.63. The molecule has 0 aliphatic heterocycles. The van der Waals surface area contributed by atoms with Crippen molar-refractivity contribution in [2.45, 2.75) is 58.4 Å². The zero-order valence-electron chi connectivity index (χ0n) is 13.2. The standard InChI is InChI=1S/C16H31N3O/c1-3-6-14-11-15(14)19-16(17-4-2)18-9-5-10-20-12-13-7-8-13/h13-15H,3-12H2,1-2H3,(H2,17,18,19). The lowest BCUT2D eigenvalue weighted by molar-refractivity contribution is 0.123. The van der Waals surface area contributed by atoms with Crippen LogP contribution in [0.1, 0.15) is 52.4 Å². The van der Waals surface area contributed by atoms with Gasteiger partial charge in [0.25, 0.3) is 0 Å². The maximum Gasteiger partial charge on any atom is 0.191 e. The number of ether oxygens (including phenoxy) is 1. The van der Waals surface area contributed by atoms with E-state index < -0.39 is 0 Å². The lowest BCUT2D eigenvalue weighted by Gasteiger charge is -2.11. The van der Waals surface area contributed by atoms with Crippen molar-refractivity contribution in [3.05, 3.63) is 0 Å². The molecule has 0 spiro atoms. The lowest BCUT2D eigenvalue weighted by atomic mass is 10.2. The summed E-state index contributed by atoms with van der Waals surface area (Å²) >= 11 is 0. The van der Waals surface area contributed by atoms with Crippen molar-refractivity contribution in [3.8, 4) is 0 Å². The molecule has 2 N–H and O–H groups in total. The van der Waals surface area contributed by atoms with E-state index in [0.717, 1.165) is 50.5 Å². The average molecular weight is 281 g/mol. The first-order chi connectivity index (χ1) is 9.83. The molecule has 0 aromatic carbocycles. The summed E-state index contributed by atoms with van der Waals surface area (Å²) in [5.41, 5.74) is 0. The summed E-state index contributed by atoms with van der Waals surface area (Å²) in [6.45, 7) is 7.97. The quantitative estimate of drug-likeness (QED) is 0.367. The van der Waals surface area contributed by atoms with Crippen LogP contribution in [0.4, 0.5) is 0 Å². The van der Waals surface area contributed by atoms with Gasteiger partial charge in [0.15, 0.2) is 5.96 Å². The Labute approximate surface area is 123 Å². The summed E-state index contributed by atoms with van der Waals surface area (Å²) in [6, 6.07) is 0.652. The van der Waals surface area contributed by atoms with Crippen LogP contribution in [0.2, 0.25) is 0 Å². The van der Waals surface area contributed by atoms with Crippen molar-refractivity contribution >= 4 is 5.96 Å². The van der Waals surface area contributed by atoms with Crippen LogP contribution in [0.25, 0.3) is 0 Å². The normalized spacial score (nSPS) is 25.6. The Bertz CT molecular complexity index is 302. The molecule has 0 heterocycles. The number of rotatable bonds is 10. The van der Waals surface area contributed by atoms with Gasteiger partial charge in [-0.15, -0.1) is 0 Å². The van der Waals surface area contributed by atoms with Gasteiger partial charge in [-0.3, -0.25) is 4.99 Å². The minimum absolute atomic E-state index is 0.652. The minimum Gasteiger partial charge on any atom is -0.381 e. The number of nitrogens with one attached hydrogen (secondary N) is 2. The number of guanidine groups is 1. The number of aliphatic imine (C=N–C) groups is 1. The molecule has 0 aromatic heterocycles. The second-order valence-electron chi connectivity index (χ2n) is 6.17. The summed E-state index contributed by atoms with van der Waals surface area (Å²) in [4.78, 5) is 4.63. The van der Waals surface area contributed by atoms with Crippen molar-refractivity contribution in [2.75, 3.05) is 26.3 Å². The van der Waals surface area contributed by atoms with Gasteiger partial charge < -0.3 is 15.4 Å². The fourth-order valence-corrected chi connectivity index (χ4v) is 2.50. The lowest BCUT2D eigenvalue weighted by Crippen LogP contribution is -2.39. The highest BCUT2D eigenvalue weighted by Gasteiger charge is 2.36. The molecular weight excluding hydrogens is 250 g/mol. The number of hydrogen-bond donors (Lipinski definition) is 2. The zero-order valence-corrected chi connectivity index (χ0v) is 13.2. The highest BCUT2D eigenvalue weighted by Crippen LogP contribution is 2.34. The highest BCUT2D eigenvalue weighted by atomic mass is 16.5. The Morgan fingerprint density at radius 1 is 1.30 bits per heavy atom. The Kier molecular flexibility index (Phi) is 6.64. The molecule has 4 heteroatoms. The van der Waals surface area contributed by atoms with Crippen LogP contribution in [0, 0.1) is 11.8 Å². The van der Waals surface area contributed by atoms with Crippen molar-refractivity contribution in [1.29, 1.82) is 0 Å². The summed E-state index contributed by atoms with van der Waals surface area (Å²) in [5, 5.41) is 6.88. The fraction of sp³-hybridized carbons (Fsp3) is 0.938. The first kappa shape index (κ1) is 15.6. The monoisotopic (exact) mass is 281 g/mol. The molecule has 0 radical (unpaired) electrons. The van der Waals surface area contributed by atoms with Gasteiger partial charge in [0, 0.05) is 32.3 Å². The van der Waals surface area contributed by atoms with Gasteiger partial charge in [0.2, 0.25) is 0 Å². The summed E-state index contributed by atoms with van der Waals surface area (Å²) < 4.78 is 5.63. The Morgan fingerprint density at radius 3 is 2.85 bits per heavy atom. The molecule has 116 valence electrons. The maximum absolute atomic E-state index is 5.63. The molecule has 0 amide bonds. The summed E-state index contributed by atoms with van der Waals surface area (Å²) in [6.07, 6.45) is 7.69. The first-order valence-corrected chi connectivity index (χ1v) is 8.46. The molecule has 2 aliphatic carbocycles. The topological polar surface area (TPSA) is 45.7 Å². The van der Waals surface area contributed by atoms with E-state index in [1.54, 1.807) is 0 Å². The van der Waals surface area contributed by atoms with Crippen LogP contribution in [0.3, 0.4) is 0 Å². The van der Waals surface area contributed by atoms with E-state index >= 15 is 0 Å². The van der Waals surface area contributed by atoms with E-state index in [9.17, 15) is 0 Å². The molecule has 2 unspecified atom stereocenters. The van der Waals surface area contributed by atoms with E-state index in [2.05, 4.69) is 29.5 Å². The van der Waals surface area contributed by atoms with E-state index in [1.807, 2.05) is 0 Å². The third-order valence-electron chi connectivity index (χ3n) is 4.02. The van der Waals surface area contributed by atoms with Gasteiger partial charge in [-0.1, -0.05) is 13.3 Å². The third-order valence-corrected chi connectivity index (χ3v) is 4.02. The predicted molar refractivity (Wildman–Crippen MR) is 84.1 cm³/mol. The molecule has 2 aliphatic rings. The van der Waals surface area contributed by atoms with Gasteiger partial charge in [-0.05, 0) is 50.9 Å². The SMILES string of the molecule is CCCC1CC1NC(=NCCCOCC1CC1)NCC. The van der Waals surface area contributed by atoms with Crippen LogP contribution in [-0.4, -0.2) is 38.3 Å². The molecule has 0 bridgehead atoms. The largest absolute Gasteiger partial charge is 0.381 e. The molecular formula is C16H31N3O. The molecule has 2 fully saturated rings. The van der Waals surface area contributed by atoms with E-state index in [4.69, 9.17) is 4.74 Å². The highest BCUT2D eigenvalue weighted by molar-refractivity contribution is 5.80. The second-order valence-corrected chi connectivity index (χ2v) is 6.17. The summed E-state index contributed by atoms with van der Waals surface area (Å²) in [5.74, 6) is 2.71. The Balaban J connectivity index is 1.56. The zero-order chi connectivity index (χ0) is 14.2. The van der Waals surface area contributed by atoms with Crippen LogP contribution in [-0.2, 0) is 4.74 Å². The molecule has 0 aromatic rings. The smallest absolute Gasteiger partial charge is 0.191 e. The van der Waals surface area contributed by atoms with Crippen molar-refractivity contribution in [1.82, 2.24) is 10.6 Å². The van der Waals surface area contributed by atoms with E-state index in [-0.39, 0.29) is 0 Å².